The molecule has 0 heterocycles. The maximum absolute atomic E-state index is 13.0. The summed E-state index contributed by atoms with van der Waals surface area (Å²) in [5, 5.41) is 2.68. The summed E-state index contributed by atoms with van der Waals surface area (Å²) < 4.78 is 54.6. The van der Waals surface area contributed by atoms with Crippen molar-refractivity contribution in [1.82, 2.24) is 0 Å². The van der Waals surface area contributed by atoms with Gasteiger partial charge in [0.25, 0.3) is 10.0 Å². The summed E-state index contributed by atoms with van der Waals surface area (Å²) in [6, 6.07) is 15.5. The molecule has 0 saturated carbocycles. The number of hydrogen-bond donors (Lipinski definition) is 2. The Bertz CT molecular complexity index is 1500. The first kappa shape index (κ1) is 27.2. The summed E-state index contributed by atoms with van der Waals surface area (Å²) in [4.78, 5) is 13.0. The van der Waals surface area contributed by atoms with Crippen LogP contribution < -0.4 is 14.3 Å². The van der Waals surface area contributed by atoms with Gasteiger partial charge in [-0.3, -0.25) is 13.8 Å². The number of sulfonamides is 2. The predicted octanol–water partition coefficient (Wildman–Crippen LogP) is 4.51. The number of benzene rings is 3. The standard InChI is InChI=1S/C26H31N3O5S2/c1-17-8-14-24(20(4)15-17)28-36(33,34)23-12-10-22(11-13-23)27-26(30)21(5)29(35(6,31)32)25-16-18(2)7-9-19(25)3/h7-16,21,28H,1-6H3,(H,27,30)/t21-/m1/s1. The van der Waals surface area contributed by atoms with Crippen LogP contribution in [0.15, 0.2) is 65.6 Å². The molecule has 0 aromatic heterocycles. The van der Waals surface area contributed by atoms with Crippen molar-refractivity contribution in [3.05, 3.63) is 82.9 Å². The number of amides is 1. The second-order valence-electron chi connectivity index (χ2n) is 8.96. The second kappa shape index (κ2) is 10.3. The van der Waals surface area contributed by atoms with Crippen LogP contribution >= 0.6 is 0 Å². The SMILES string of the molecule is Cc1ccc(NS(=O)(=O)c2ccc(NC(=O)[C@@H](C)N(c3cc(C)ccc3C)S(C)(=O)=O)cc2)c(C)c1. The highest BCUT2D eigenvalue weighted by Gasteiger charge is 2.30. The van der Waals surface area contributed by atoms with Crippen LogP contribution in [-0.2, 0) is 24.8 Å². The second-order valence-corrected chi connectivity index (χ2v) is 12.5. The van der Waals surface area contributed by atoms with Crippen LogP contribution in [0.25, 0.3) is 0 Å². The van der Waals surface area contributed by atoms with Crippen LogP contribution in [0.4, 0.5) is 17.1 Å². The van der Waals surface area contributed by atoms with Gasteiger partial charge in [0.15, 0.2) is 0 Å². The zero-order valence-corrected chi connectivity index (χ0v) is 22.8. The highest BCUT2D eigenvalue weighted by molar-refractivity contribution is 7.92. The van der Waals surface area contributed by atoms with Gasteiger partial charge < -0.3 is 5.32 Å². The molecule has 0 saturated heterocycles. The molecule has 2 N–H and O–H groups in total. The van der Waals surface area contributed by atoms with E-state index in [0.29, 0.717) is 17.1 Å². The Morgan fingerprint density at radius 3 is 1.97 bits per heavy atom. The molecule has 0 unspecified atom stereocenters. The number of carbonyl (C=O) groups excluding carboxylic acids is 1. The maximum Gasteiger partial charge on any atom is 0.261 e. The molecule has 192 valence electrons. The zero-order chi connectivity index (χ0) is 26.8. The molecule has 0 fully saturated rings. The van der Waals surface area contributed by atoms with Gasteiger partial charge in [-0.05, 0) is 87.7 Å². The minimum absolute atomic E-state index is 0.0293. The molecular weight excluding hydrogens is 498 g/mol. The normalized spacial score (nSPS) is 12.6. The summed E-state index contributed by atoms with van der Waals surface area (Å²) in [7, 11) is -7.61. The molecule has 1 amide bonds. The van der Waals surface area contributed by atoms with E-state index in [-0.39, 0.29) is 4.90 Å². The molecule has 3 rings (SSSR count). The third-order valence-corrected chi connectivity index (χ3v) is 8.36. The topological polar surface area (TPSA) is 113 Å². The van der Waals surface area contributed by atoms with E-state index in [2.05, 4.69) is 10.0 Å². The van der Waals surface area contributed by atoms with Crippen LogP contribution in [0.1, 0.15) is 29.2 Å². The van der Waals surface area contributed by atoms with Crippen molar-refractivity contribution in [3.8, 4) is 0 Å². The lowest BCUT2D eigenvalue weighted by molar-refractivity contribution is -0.116. The van der Waals surface area contributed by atoms with Crippen LogP contribution in [0, 0.1) is 27.7 Å². The molecule has 36 heavy (non-hydrogen) atoms. The van der Waals surface area contributed by atoms with E-state index in [1.54, 1.807) is 25.1 Å². The van der Waals surface area contributed by atoms with Crippen molar-refractivity contribution < 1.29 is 21.6 Å². The van der Waals surface area contributed by atoms with Gasteiger partial charge in [-0.25, -0.2) is 16.8 Å². The van der Waals surface area contributed by atoms with E-state index in [9.17, 15) is 21.6 Å². The first-order chi connectivity index (χ1) is 16.7. The smallest absolute Gasteiger partial charge is 0.261 e. The summed E-state index contributed by atoms with van der Waals surface area (Å²) >= 11 is 0. The number of carbonyl (C=O) groups is 1. The molecular formula is C26H31N3O5S2. The molecule has 0 aliphatic carbocycles. The summed E-state index contributed by atoms with van der Waals surface area (Å²) in [5.41, 5.74) is 4.66. The van der Waals surface area contributed by atoms with E-state index < -0.39 is 32.0 Å². The molecule has 0 bridgehead atoms. The lowest BCUT2D eigenvalue weighted by atomic mass is 10.1. The highest BCUT2D eigenvalue weighted by atomic mass is 32.2. The molecule has 0 spiro atoms. The van der Waals surface area contributed by atoms with Crippen LogP contribution in [0.2, 0.25) is 0 Å². The molecule has 8 nitrogen and oxygen atoms in total. The van der Waals surface area contributed by atoms with Gasteiger partial charge in [0, 0.05) is 5.69 Å². The van der Waals surface area contributed by atoms with Crippen LogP contribution in [-0.4, -0.2) is 35.0 Å². The number of anilines is 3. The van der Waals surface area contributed by atoms with E-state index in [4.69, 9.17) is 0 Å². The molecule has 0 aliphatic heterocycles. The van der Waals surface area contributed by atoms with E-state index in [1.165, 1.54) is 31.2 Å². The van der Waals surface area contributed by atoms with Crippen LogP contribution in [0.5, 0.6) is 0 Å². The minimum atomic E-state index is -3.84. The third kappa shape index (κ3) is 6.24. The molecule has 0 radical (unpaired) electrons. The van der Waals surface area contributed by atoms with Gasteiger partial charge in [0.1, 0.15) is 6.04 Å². The first-order valence-corrected chi connectivity index (χ1v) is 14.6. The van der Waals surface area contributed by atoms with Crippen LogP contribution in [0.3, 0.4) is 0 Å². The summed E-state index contributed by atoms with van der Waals surface area (Å²) in [5.74, 6) is -0.551. The minimum Gasteiger partial charge on any atom is -0.324 e. The Labute approximate surface area is 213 Å². The average Bonchev–Trinajstić information content (AvgIpc) is 2.77. The summed E-state index contributed by atoms with van der Waals surface area (Å²) in [6.45, 7) is 8.88. The average molecular weight is 530 g/mol. The fraction of sp³-hybridized carbons (Fsp3) is 0.269. The maximum atomic E-state index is 13.0. The monoisotopic (exact) mass is 529 g/mol. The number of nitrogens with one attached hydrogen (secondary N) is 2. The largest absolute Gasteiger partial charge is 0.324 e. The summed E-state index contributed by atoms with van der Waals surface area (Å²) in [6.07, 6.45) is 1.06. The molecule has 10 heteroatoms. The predicted molar refractivity (Wildman–Crippen MR) is 144 cm³/mol. The first-order valence-electron chi connectivity index (χ1n) is 11.3. The van der Waals surface area contributed by atoms with Gasteiger partial charge in [0.2, 0.25) is 15.9 Å². The number of nitrogens with zero attached hydrogens (tertiary/aromatic N) is 1. The van der Waals surface area contributed by atoms with Crippen molar-refractivity contribution >= 4 is 43.0 Å². The van der Waals surface area contributed by atoms with Gasteiger partial charge in [-0.15, -0.1) is 0 Å². The van der Waals surface area contributed by atoms with Crippen molar-refractivity contribution in [2.45, 2.75) is 45.6 Å². The number of aryl methyl sites for hydroxylation is 4. The molecule has 1 atom stereocenters. The van der Waals surface area contributed by atoms with Crippen molar-refractivity contribution in [2.24, 2.45) is 0 Å². The van der Waals surface area contributed by atoms with Crippen molar-refractivity contribution in [3.63, 3.8) is 0 Å². The Morgan fingerprint density at radius 1 is 0.806 bits per heavy atom. The third-order valence-electron chi connectivity index (χ3n) is 5.75. The lowest BCUT2D eigenvalue weighted by Gasteiger charge is -2.29. The van der Waals surface area contributed by atoms with E-state index in [1.807, 2.05) is 39.0 Å². The lowest BCUT2D eigenvalue weighted by Crippen LogP contribution is -2.45. The van der Waals surface area contributed by atoms with Crippen molar-refractivity contribution in [2.75, 3.05) is 20.6 Å². The fourth-order valence-electron chi connectivity index (χ4n) is 3.83. The molecule has 3 aromatic carbocycles. The van der Waals surface area contributed by atoms with Gasteiger partial charge in [-0.1, -0.05) is 29.8 Å². The zero-order valence-electron chi connectivity index (χ0n) is 21.2. The number of hydrogen-bond acceptors (Lipinski definition) is 5. The van der Waals surface area contributed by atoms with E-state index in [0.717, 1.165) is 32.8 Å². The quantitative estimate of drug-likeness (QED) is 0.446. The Hall–Kier alpha value is -3.37. The fourth-order valence-corrected chi connectivity index (χ4v) is 6.19. The van der Waals surface area contributed by atoms with Crippen molar-refractivity contribution in [1.29, 1.82) is 0 Å². The van der Waals surface area contributed by atoms with Gasteiger partial charge in [-0.2, -0.15) is 0 Å². The Balaban J connectivity index is 1.80. The highest BCUT2D eigenvalue weighted by Crippen LogP contribution is 2.27. The molecule has 0 aliphatic rings. The van der Waals surface area contributed by atoms with E-state index >= 15 is 0 Å². The Kier molecular flexibility index (Phi) is 7.80. The van der Waals surface area contributed by atoms with Gasteiger partial charge in [0.05, 0.1) is 22.5 Å². The van der Waals surface area contributed by atoms with Gasteiger partial charge >= 0.3 is 0 Å². The molecule has 3 aromatic rings. The number of rotatable bonds is 8. The Morgan fingerprint density at radius 2 is 1.39 bits per heavy atom.